The molecule has 0 aliphatic carbocycles. The van der Waals surface area contributed by atoms with Gasteiger partial charge in [-0.3, -0.25) is 10.1 Å². The van der Waals surface area contributed by atoms with Gasteiger partial charge in [0.1, 0.15) is 6.33 Å². The Bertz CT molecular complexity index is 608. The minimum atomic E-state index is -0.229. The van der Waals surface area contributed by atoms with Crippen LogP contribution in [0, 0.1) is 11.7 Å². The number of aromatic nitrogens is 3. The molecule has 1 aromatic carbocycles. The molecule has 1 aromatic heterocycles. The van der Waals surface area contributed by atoms with E-state index in [0.29, 0.717) is 11.5 Å². The molecule has 0 saturated heterocycles. The monoisotopic (exact) mass is 246 g/mol. The second-order valence-electron chi connectivity index (χ2n) is 3.42. The van der Waals surface area contributed by atoms with Gasteiger partial charge >= 0.3 is 0 Å². The summed E-state index contributed by atoms with van der Waals surface area (Å²) in [6, 6.07) is 7.31. The number of benzene rings is 1. The Hall–Kier alpha value is -2.08. The summed E-state index contributed by atoms with van der Waals surface area (Å²) in [4.78, 5) is 22.2. The van der Waals surface area contributed by atoms with E-state index in [1.54, 1.807) is 6.07 Å². The summed E-state index contributed by atoms with van der Waals surface area (Å²) in [7, 11) is 0. The van der Waals surface area contributed by atoms with E-state index in [0.717, 1.165) is 5.56 Å². The third kappa shape index (κ3) is 2.73. The van der Waals surface area contributed by atoms with Crippen molar-refractivity contribution in [3.63, 3.8) is 0 Å². The highest BCUT2D eigenvalue weighted by molar-refractivity contribution is 7.71. The van der Waals surface area contributed by atoms with Gasteiger partial charge in [0.2, 0.25) is 10.7 Å². The Morgan fingerprint density at radius 1 is 1.35 bits per heavy atom. The summed E-state index contributed by atoms with van der Waals surface area (Å²) in [6.45, 7) is 1.87. The highest BCUT2D eigenvalue weighted by Gasteiger charge is 2.08. The van der Waals surface area contributed by atoms with Gasteiger partial charge in [-0.15, -0.1) is 0 Å². The number of nitrogens with one attached hydrogen (secondary N) is 2. The van der Waals surface area contributed by atoms with Crippen LogP contribution in [-0.2, 0) is 0 Å². The summed E-state index contributed by atoms with van der Waals surface area (Å²) in [5.41, 5.74) is 1.50. The molecule has 0 saturated carbocycles. The molecule has 6 heteroatoms. The quantitative estimate of drug-likeness (QED) is 0.796. The molecule has 1 heterocycles. The Morgan fingerprint density at radius 3 is 2.82 bits per heavy atom. The fraction of sp³-hybridized carbons (Fsp3) is 0.0909. The molecule has 17 heavy (non-hydrogen) atoms. The Balaban J connectivity index is 2.23. The lowest BCUT2D eigenvalue weighted by Gasteiger charge is -2.05. The minimum Gasteiger partial charge on any atom is -0.301 e. The average molecular weight is 246 g/mol. The molecule has 0 spiro atoms. The number of hydrogen-bond acceptors (Lipinski definition) is 4. The Kier molecular flexibility index (Phi) is 3.24. The molecular weight excluding hydrogens is 236 g/mol. The third-order valence-electron chi connectivity index (χ3n) is 2.21. The molecule has 0 unspecified atom stereocenters. The topological polar surface area (TPSA) is 70.7 Å². The van der Waals surface area contributed by atoms with Crippen LogP contribution in [0.4, 0.5) is 5.95 Å². The van der Waals surface area contributed by atoms with E-state index in [1.165, 1.54) is 6.33 Å². The van der Waals surface area contributed by atoms with Crippen LogP contribution < -0.4 is 5.32 Å². The number of rotatable bonds is 2. The fourth-order valence-electron chi connectivity index (χ4n) is 1.37. The Labute approximate surface area is 103 Å². The highest BCUT2D eigenvalue weighted by Crippen LogP contribution is 2.08. The van der Waals surface area contributed by atoms with Gasteiger partial charge in [-0.05, 0) is 30.8 Å². The molecule has 86 valence electrons. The van der Waals surface area contributed by atoms with E-state index in [9.17, 15) is 4.79 Å². The van der Waals surface area contributed by atoms with Gasteiger partial charge < -0.3 is 4.98 Å². The largest absolute Gasteiger partial charge is 0.301 e. The second kappa shape index (κ2) is 4.84. The number of aromatic amines is 1. The minimum absolute atomic E-state index is 0.229. The molecule has 0 aliphatic heterocycles. The van der Waals surface area contributed by atoms with E-state index < -0.39 is 0 Å². The van der Waals surface area contributed by atoms with Gasteiger partial charge in [0.05, 0.1) is 0 Å². The third-order valence-corrected chi connectivity index (χ3v) is 2.42. The van der Waals surface area contributed by atoms with Crippen LogP contribution in [0.15, 0.2) is 30.6 Å². The van der Waals surface area contributed by atoms with Crippen LogP contribution in [-0.4, -0.2) is 20.9 Å². The van der Waals surface area contributed by atoms with E-state index in [2.05, 4.69) is 20.3 Å². The molecule has 2 aromatic rings. The molecule has 2 rings (SSSR count). The number of anilines is 1. The lowest BCUT2D eigenvalue weighted by atomic mass is 10.1. The first-order valence-electron chi connectivity index (χ1n) is 4.95. The molecule has 0 aliphatic rings. The van der Waals surface area contributed by atoms with Crippen molar-refractivity contribution in [2.75, 3.05) is 5.32 Å². The molecule has 2 N–H and O–H groups in total. The van der Waals surface area contributed by atoms with E-state index in [1.807, 2.05) is 25.1 Å². The molecule has 0 radical (unpaired) electrons. The highest BCUT2D eigenvalue weighted by atomic mass is 32.1. The van der Waals surface area contributed by atoms with Crippen LogP contribution in [0.25, 0.3) is 0 Å². The zero-order chi connectivity index (χ0) is 12.3. The first-order chi connectivity index (χ1) is 8.16. The second-order valence-corrected chi connectivity index (χ2v) is 3.81. The molecule has 0 fully saturated rings. The lowest BCUT2D eigenvalue weighted by Crippen LogP contribution is -2.15. The zero-order valence-corrected chi connectivity index (χ0v) is 9.91. The van der Waals surface area contributed by atoms with Crippen molar-refractivity contribution in [2.24, 2.45) is 0 Å². The van der Waals surface area contributed by atoms with Crippen molar-refractivity contribution in [1.82, 2.24) is 15.0 Å². The van der Waals surface area contributed by atoms with Gasteiger partial charge in [-0.2, -0.15) is 0 Å². The van der Waals surface area contributed by atoms with Crippen molar-refractivity contribution < 1.29 is 4.79 Å². The van der Waals surface area contributed by atoms with Crippen LogP contribution in [0.2, 0.25) is 0 Å². The van der Waals surface area contributed by atoms with Crippen LogP contribution in [0.3, 0.4) is 0 Å². The van der Waals surface area contributed by atoms with Crippen molar-refractivity contribution in [2.45, 2.75) is 6.92 Å². The number of carbonyl (C=O) groups excluding carboxylic acids is 1. The molecule has 0 bridgehead atoms. The molecule has 0 atom stereocenters. The predicted molar refractivity (Wildman–Crippen MR) is 66.3 cm³/mol. The van der Waals surface area contributed by atoms with Crippen molar-refractivity contribution in [3.05, 3.63) is 46.5 Å². The maximum atomic E-state index is 11.9. The SMILES string of the molecule is Cc1ccccc1C(=O)Nc1ncnc(=S)[nH]1. The maximum absolute atomic E-state index is 11.9. The van der Waals surface area contributed by atoms with Crippen LogP contribution in [0.1, 0.15) is 15.9 Å². The average Bonchev–Trinajstić information content (AvgIpc) is 2.29. The summed E-state index contributed by atoms with van der Waals surface area (Å²) in [6.07, 6.45) is 1.30. The number of amides is 1. The van der Waals surface area contributed by atoms with E-state index in [4.69, 9.17) is 12.2 Å². The Morgan fingerprint density at radius 2 is 2.12 bits per heavy atom. The first kappa shape index (κ1) is 11.4. The molecular formula is C11H10N4OS. The summed E-state index contributed by atoms with van der Waals surface area (Å²) >= 11 is 4.84. The standard InChI is InChI=1S/C11H10N4OS/c1-7-4-2-3-5-8(7)9(16)14-10-12-6-13-11(17)15-10/h2-6H,1H3,(H2,12,13,14,15,16,17). The van der Waals surface area contributed by atoms with Gasteiger partial charge in [0.15, 0.2) is 0 Å². The van der Waals surface area contributed by atoms with Crippen LogP contribution in [0.5, 0.6) is 0 Å². The summed E-state index contributed by atoms with van der Waals surface area (Å²) in [5.74, 6) is 0.0608. The molecule has 5 nitrogen and oxygen atoms in total. The van der Waals surface area contributed by atoms with Gasteiger partial charge in [0, 0.05) is 5.56 Å². The summed E-state index contributed by atoms with van der Waals surface area (Å²) in [5, 5.41) is 2.63. The van der Waals surface area contributed by atoms with Crippen LogP contribution >= 0.6 is 12.2 Å². The maximum Gasteiger partial charge on any atom is 0.258 e. The van der Waals surface area contributed by atoms with E-state index >= 15 is 0 Å². The number of hydrogen-bond donors (Lipinski definition) is 2. The number of H-pyrrole nitrogens is 1. The lowest BCUT2D eigenvalue weighted by molar-refractivity contribution is 0.102. The number of nitrogens with zero attached hydrogens (tertiary/aromatic N) is 2. The zero-order valence-electron chi connectivity index (χ0n) is 9.10. The van der Waals surface area contributed by atoms with Gasteiger partial charge in [0.25, 0.3) is 5.91 Å². The molecule has 1 amide bonds. The normalized spacial score (nSPS) is 9.94. The summed E-state index contributed by atoms with van der Waals surface area (Å²) < 4.78 is 0.278. The first-order valence-corrected chi connectivity index (χ1v) is 5.36. The van der Waals surface area contributed by atoms with Gasteiger partial charge in [-0.25, -0.2) is 9.97 Å². The van der Waals surface area contributed by atoms with Crippen molar-refractivity contribution >= 4 is 24.1 Å². The van der Waals surface area contributed by atoms with Crippen molar-refractivity contribution in [3.8, 4) is 0 Å². The van der Waals surface area contributed by atoms with Gasteiger partial charge in [-0.1, -0.05) is 18.2 Å². The number of aryl methyl sites for hydroxylation is 1. The fourth-order valence-corrected chi connectivity index (χ4v) is 1.51. The predicted octanol–water partition coefficient (Wildman–Crippen LogP) is 2.09. The number of carbonyl (C=O) groups is 1. The smallest absolute Gasteiger partial charge is 0.258 e. The van der Waals surface area contributed by atoms with Crippen molar-refractivity contribution in [1.29, 1.82) is 0 Å². The van der Waals surface area contributed by atoms with E-state index in [-0.39, 0.29) is 10.7 Å².